The topological polar surface area (TPSA) is 119 Å². The third-order valence-corrected chi connectivity index (χ3v) is 2.81. The molecule has 5 N–H and O–H groups in total. The van der Waals surface area contributed by atoms with Crippen molar-refractivity contribution < 1.29 is 20.2 Å². The first-order chi connectivity index (χ1) is 9.62. The standard InChI is InChI=1S/C13H19N3O4/c14-13(15-20)11-3-1-10(2-4-11)9-12(19)16(5-7-17)6-8-18/h1-4,17-18,20H,5-9H2,(H2,14,15). The predicted molar refractivity (Wildman–Crippen MR) is 73.4 cm³/mol. The van der Waals surface area contributed by atoms with Crippen LogP contribution in [0.15, 0.2) is 29.4 Å². The number of amides is 1. The van der Waals surface area contributed by atoms with Crippen molar-refractivity contribution in [2.75, 3.05) is 26.3 Å². The molecule has 1 aromatic rings. The molecule has 0 saturated heterocycles. The number of oxime groups is 1. The number of aliphatic hydroxyl groups is 2. The van der Waals surface area contributed by atoms with E-state index in [0.717, 1.165) is 5.56 Å². The van der Waals surface area contributed by atoms with Crippen LogP contribution in [0.3, 0.4) is 0 Å². The molecule has 0 bridgehead atoms. The number of amidine groups is 1. The molecule has 0 saturated carbocycles. The van der Waals surface area contributed by atoms with E-state index >= 15 is 0 Å². The van der Waals surface area contributed by atoms with Crippen molar-refractivity contribution >= 4 is 11.7 Å². The number of carbonyl (C=O) groups is 1. The Morgan fingerprint density at radius 2 is 1.70 bits per heavy atom. The van der Waals surface area contributed by atoms with Gasteiger partial charge in [0.25, 0.3) is 0 Å². The van der Waals surface area contributed by atoms with Crippen LogP contribution in [0.4, 0.5) is 0 Å². The van der Waals surface area contributed by atoms with Crippen LogP contribution in [0, 0.1) is 0 Å². The molecular weight excluding hydrogens is 262 g/mol. The van der Waals surface area contributed by atoms with Gasteiger partial charge in [-0.15, -0.1) is 0 Å². The summed E-state index contributed by atoms with van der Waals surface area (Å²) >= 11 is 0. The van der Waals surface area contributed by atoms with Gasteiger partial charge in [0.2, 0.25) is 5.91 Å². The fraction of sp³-hybridized carbons (Fsp3) is 0.385. The monoisotopic (exact) mass is 281 g/mol. The minimum absolute atomic E-state index is 0.00469. The number of nitrogens with two attached hydrogens (primary N) is 1. The molecule has 1 rings (SSSR count). The maximum absolute atomic E-state index is 12.0. The van der Waals surface area contributed by atoms with Crippen LogP contribution in [0.5, 0.6) is 0 Å². The van der Waals surface area contributed by atoms with Gasteiger partial charge in [-0.2, -0.15) is 0 Å². The number of benzene rings is 1. The first kappa shape index (κ1) is 15.9. The summed E-state index contributed by atoms with van der Waals surface area (Å²) in [6.07, 6.45) is 0.163. The van der Waals surface area contributed by atoms with E-state index in [-0.39, 0.29) is 44.5 Å². The fourth-order valence-electron chi connectivity index (χ4n) is 1.74. The summed E-state index contributed by atoms with van der Waals surface area (Å²) in [4.78, 5) is 13.4. The maximum atomic E-state index is 12.0. The van der Waals surface area contributed by atoms with Gasteiger partial charge in [0.05, 0.1) is 19.6 Å². The molecule has 20 heavy (non-hydrogen) atoms. The molecule has 7 heteroatoms. The third-order valence-electron chi connectivity index (χ3n) is 2.81. The smallest absolute Gasteiger partial charge is 0.227 e. The van der Waals surface area contributed by atoms with E-state index in [9.17, 15) is 4.79 Å². The zero-order chi connectivity index (χ0) is 15.0. The Labute approximate surface area is 116 Å². The van der Waals surface area contributed by atoms with Gasteiger partial charge in [0.1, 0.15) is 0 Å². The van der Waals surface area contributed by atoms with E-state index < -0.39 is 0 Å². The first-order valence-corrected chi connectivity index (χ1v) is 6.18. The molecule has 0 heterocycles. The van der Waals surface area contributed by atoms with E-state index in [1.807, 2.05) is 0 Å². The second-order valence-corrected chi connectivity index (χ2v) is 4.19. The summed E-state index contributed by atoms with van der Waals surface area (Å²) in [6.45, 7) is 0.103. The predicted octanol–water partition coefficient (Wildman–Crippen LogP) is -0.863. The number of hydrogen-bond acceptors (Lipinski definition) is 5. The maximum Gasteiger partial charge on any atom is 0.227 e. The van der Waals surface area contributed by atoms with Crippen molar-refractivity contribution in [1.29, 1.82) is 0 Å². The highest BCUT2D eigenvalue weighted by atomic mass is 16.4. The van der Waals surface area contributed by atoms with Crippen LogP contribution in [-0.4, -0.2) is 58.4 Å². The van der Waals surface area contributed by atoms with Crippen molar-refractivity contribution in [3.05, 3.63) is 35.4 Å². The molecule has 0 aliphatic rings. The SMILES string of the molecule is NC(=NO)c1ccc(CC(=O)N(CCO)CCO)cc1. The lowest BCUT2D eigenvalue weighted by molar-refractivity contribution is -0.131. The third kappa shape index (κ3) is 4.52. The zero-order valence-corrected chi connectivity index (χ0v) is 11.1. The molecule has 0 radical (unpaired) electrons. The van der Waals surface area contributed by atoms with Gasteiger partial charge in [-0.1, -0.05) is 29.4 Å². The average molecular weight is 281 g/mol. The number of aliphatic hydroxyl groups excluding tert-OH is 2. The Hall–Kier alpha value is -2.12. The van der Waals surface area contributed by atoms with Crippen LogP contribution in [0.1, 0.15) is 11.1 Å². The molecule has 0 unspecified atom stereocenters. The number of carbonyl (C=O) groups excluding carboxylic acids is 1. The molecule has 0 aromatic heterocycles. The van der Waals surface area contributed by atoms with E-state index in [0.29, 0.717) is 5.56 Å². The van der Waals surface area contributed by atoms with Gasteiger partial charge >= 0.3 is 0 Å². The van der Waals surface area contributed by atoms with Gasteiger partial charge in [0, 0.05) is 18.7 Å². The van der Waals surface area contributed by atoms with E-state index in [4.69, 9.17) is 21.2 Å². The van der Waals surface area contributed by atoms with E-state index in [1.165, 1.54) is 4.90 Å². The molecule has 0 fully saturated rings. The molecule has 7 nitrogen and oxygen atoms in total. The Morgan fingerprint density at radius 1 is 1.15 bits per heavy atom. The van der Waals surface area contributed by atoms with Gasteiger partial charge in [0.15, 0.2) is 5.84 Å². The van der Waals surface area contributed by atoms with Crippen molar-refractivity contribution in [3.63, 3.8) is 0 Å². The summed E-state index contributed by atoms with van der Waals surface area (Å²) in [5.41, 5.74) is 6.77. The van der Waals surface area contributed by atoms with Gasteiger partial charge in [-0.25, -0.2) is 0 Å². The van der Waals surface area contributed by atoms with E-state index in [1.54, 1.807) is 24.3 Å². The highest BCUT2D eigenvalue weighted by Gasteiger charge is 2.13. The van der Waals surface area contributed by atoms with Gasteiger partial charge in [-0.05, 0) is 5.56 Å². The second-order valence-electron chi connectivity index (χ2n) is 4.19. The molecule has 0 aliphatic carbocycles. The normalized spacial score (nSPS) is 11.4. The van der Waals surface area contributed by atoms with E-state index in [2.05, 4.69) is 5.16 Å². The van der Waals surface area contributed by atoms with Crippen LogP contribution < -0.4 is 5.73 Å². The van der Waals surface area contributed by atoms with Gasteiger partial charge < -0.3 is 26.1 Å². The molecule has 1 amide bonds. The van der Waals surface area contributed by atoms with Crippen LogP contribution >= 0.6 is 0 Å². The molecule has 0 aliphatic heterocycles. The molecule has 0 spiro atoms. The number of nitrogens with zero attached hydrogens (tertiary/aromatic N) is 2. The van der Waals surface area contributed by atoms with Crippen molar-refractivity contribution in [1.82, 2.24) is 4.90 Å². The summed E-state index contributed by atoms with van der Waals surface area (Å²) < 4.78 is 0. The Balaban J connectivity index is 2.69. The minimum Gasteiger partial charge on any atom is -0.409 e. The molecule has 0 atom stereocenters. The highest BCUT2D eigenvalue weighted by molar-refractivity contribution is 5.97. The first-order valence-electron chi connectivity index (χ1n) is 6.18. The number of hydrogen-bond donors (Lipinski definition) is 4. The average Bonchev–Trinajstić information content (AvgIpc) is 2.47. The summed E-state index contributed by atoms with van der Waals surface area (Å²) in [7, 11) is 0. The Morgan fingerprint density at radius 3 is 2.15 bits per heavy atom. The minimum atomic E-state index is -0.176. The Bertz CT molecular complexity index is 453. The second kappa shape index (κ2) is 8.13. The zero-order valence-electron chi connectivity index (χ0n) is 11.1. The van der Waals surface area contributed by atoms with Crippen molar-refractivity contribution in [3.8, 4) is 0 Å². The highest BCUT2D eigenvalue weighted by Crippen LogP contribution is 2.07. The molecular formula is C13H19N3O4. The van der Waals surface area contributed by atoms with Crippen molar-refractivity contribution in [2.24, 2.45) is 10.9 Å². The van der Waals surface area contributed by atoms with Gasteiger partial charge in [-0.3, -0.25) is 4.79 Å². The number of rotatable bonds is 7. The quantitative estimate of drug-likeness (QED) is 0.224. The van der Waals surface area contributed by atoms with Crippen molar-refractivity contribution in [2.45, 2.75) is 6.42 Å². The van der Waals surface area contributed by atoms with Crippen LogP contribution in [0.2, 0.25) is 0 Å². The lowest BCUT2D eigenvalue weighted by Gasteiger charge is -2.20. The molecule has 1 aromatic carbocycles. The fourth-order valence-corrected chi connectivity index (χ4v) is 1.74. The lowest BCUT2D eigenvalue weighted by atomic mass is 10.1. The Kier molecular flexibility index (Phi) is 6.48. The van der Waals surface area contributed by atoms with Crippen LogP contribution in [0.25, 0.3) is 0 Å². The molecule has 110 valence electrons. The largest absolute Gasteiger partial charge is 0.409 e. The summed E-state index contributed by atoms with van der Waals surface area (Å²) in [5.74, 6) is -0.172. The lowest BCUT2D eigenvalue weighted by Crippen LogP contribution is -2.36. The van der Waals surface area contributed by atoms with Crippen LogP contribution in [-0.2, 0) is 11.2 Å². The summed E-state index contributed by atoms with van der Waals surface area (Å²) in [6, 6.07) is 6.73. The summed E-state index contributed by atoms with van der Waals surface area (Å²) in [5, 5.41) is 29.2.